The molecule has 0 radical (unpaired) electrons. The summed E-state index contributed by atoms with van der Waals surface area (Å²) < 4.78 is 45.8. The lowest BCUT2D eigenvalue weighted by molar-refractivity contribution is -0.152. The van der Waals surface area contributed by atoms with E-state index in [1.807, 2.05) is 119 Å². The number of urea groups is 3. The molecular weight excluding hydrogens is 1720 g/mol. The molecule has 0 unspecified atom stereocenters. The second-order valence-electron chi connectivity index (χ2n) is 33.9. The minimum absolute atomic E-state index is 0.0723. The van der Waals surface area contributed by atoms with E-state index in [4.69, 9.17) is 72.1 Å². The van der Waals surface area contributed by atoms with Gasteiger partial charge in [0.15, 0.2) is 0 Å². The van der Waals surface area contributed by atoms with Gasteiger partial charge in [0.25, 0.3) is 17.7 Å². The highest BCUT2D eigenvalue weighted by Crippen LogP contribution is 2.40. The number of anilines is 3. The summed E-state index contributed by atoms with van der Waals surface area (Å²) in [6.45, 7) is 24.0. The van der Waals surface area contributed by atoms with Gasteiger partial charge in [-0.3, -0.25) is 30.3 Å². The molecule has 672 valence electrons. The van der Waals surface area contributed by atoms with Crippen LogP contribution in [0.3, 0.4) is 0 Å². The molecule has 1 saturated heterocycles. The van der Waals surface area contributed by atoms with Gasteiger partial charge in [0.2, 0.25) is 0 Å². The standard InChI is InChI=1S/C27H40BNO6.C27H36N4O6S.C27H34N4O6S.C6H6BrN3O2S/c1-25(2,3)33-24(31)29-22(23(30)32-21-12-8-9-13-21)14-10-11-19-15-17-20(18-16-19)28-34-26(4,5)27(6,7)35-28;2*1-27(2,3)37-26(35)30-20(24(33)36-18-8-4-5-9-18)10-6-7-16-11-13-17(14-12-16)21-15-19(22(28)32)23(38-21)31-25(29)34;7-3-1-2(4(8)11)5(13-3)10-6(9)12/h10-11,15-18,21-22H,8-9,12-14H2,1-7H3,(H,29,31);11-15,18,20H,4-10H2,1-3H3,(H2,28,32)(H,30,35)(H3,29,31,34);6-7,11-15,18,20H,4-5,8-10H2,1-3H3,(H2,28,32)(H,30,35)(H3,29,31,34);1H,(H2,8,11)(H3,9,10,12)/b11-10+;;7-6+;/t22-;2*20-;/m000./s1. The fraction of sp³-hybridized carbons (Fsp3) is 0.471. The number of benzene rings is 3. The lowest BCUT2D eigenvalue weighted by atomic mass is 9.79. The van der Waals surface area contributed by atoms with Gasteiger partial charge in [-0.2, -0.15) is 0 Å². The zero-order valence-electron chi connectivity index (χ0n) is 72.3. The number of esters is 3. The van der Waals surface area contributed by atoms with Crippen LogP contribution in [-0.4, -0.2) is 144 Å². The summed E-state index contributed by atoms with van der Waals surface area (Å²) in [6, 6.07) is 23.1. The summed E-state index contributed by atoms with van der Waals surface area (Å²) in [7, 11) is -0.411. The molecule has 3 aromatic heterocycles. The van der Waals surface area contributed by atoms with Crippen LogP contribution in [0, 0.1) is 0 Å². The molecule has 37 heteroatoms. The average Bonchev–Trinajstić information content (AvgIpc) is 1.60. The molecule has 4 fully saturated rings. The molecule has 4 aliphatic rings. The Kier molecular flexibility index (Phi) is 36.9. The van der Waals surface area contributed by atoms with Gasteiger partial charge in [-0.1, -0.05) is 97.1 Å². The highest BCUT2D eigenvalue weighted by Gasteiger charge is 2.52. The van der Waals surface area contributed by atoms with Crippen LogP contribution in [0.5, 0.6) is 0 Å². The van der Waals surface area contributed by atoms with Crippen molar-refractivity contribution in [3.63, 3.8) is 0 Å². The Morgan fingerprint density at radius 2 is 0.774 bits per heavy atom. The zero-order valence-corrected chi connectivity index (χ0v) is 76.3. The number of hydrogen-bond donors (Lipinski definition) is 12. The number of carbonyl (C=O) groups excluding carboxylic acids is 12. The maximum atomic E-state index is 12.8. The quantitative estimate of drug-likeness (QED) is 0.0123. The summed E-state index contributed by atoms with van der Waals surface area (Å²) >= 11 is 6.73. The van der Waals surface area contributed by atoms with E-state index in [-0.39, 0.29) is 57.6 Å². The lowest BCUT2D eigenvalue weighted by Crippen LogP contribution is -2.45. The van der Waals surface area contributed by atoms with Gasteiger partial charge >= 0.3 is 61.4 Å². The molecule has 3 saturated carbocycles. The van der Waals surface area contributed by atoms with Gasteiger partial charge in [0.05, 0.1) is 31.7 Å². The molecule has 3 aliphatic carbocycles. The largest absolute Gasteiger partial charge is 0.494 e. The van der Waals surface area contributed by atoms with E-state index in [1.54, 1.807) is 80.5 Å². The Bertz CT molecular complexity index is 4750. The molecule has 0 spiro atoms. The van der Waals surface area contributed by atoms with Gasteiger partial charge in [-0.05, 0) is 267 Å². The topological polar surface area (TPSA) is 507 Å². The predicted octanol–water partition coefficient (Wildman–Crippen LogP) is 15.4. The van der Waals surface area contributed by atoms with Crippen molar-refractivity contribution in [2.75, 3.05) is 16.0 Å². The Labute approximate surface area is 743 Å². The molecule has 1 aliphatic heterocycles. The highest BCUT2D eigenvalue weighted by molar-refractivity contribution is 9.11. The smallest absolute Gasteiger partial charge is 0.461 e. The van der Waals surface area contributed by atoms with Crippen LogP contribution < -0.4 is 71.8 Å². The Morgan fingerprint density at radius 3 is 1.11 bits per heavy atom. The number of amides is 12. The van der Waals surface area contributed by atoms with E-state index in [2.05, 4.69) is 47.8 Å². The average molecular weight is 1840 g/mol. The Balaban J connectivity index is 0.000000238. The molecule has 32 nitrogen and oxygen atoms in total. The van der Waals surface area contributed by atoms with Crippen molar-refractivity contribution in [2.24, 2.45) is 34.4 Å². The first kappa shape index (κ1) is 100. The van der Waals surface area contributed by atoms with E-state index in [0.29, 0.717) is 39.5 Å². The van der Waals surface area contributed by atoms with Crippen LogP contribution in [0.1, 0.15) is 241 Å². The Hall–Kier alpha value is -10.9. The second-order valence-corrected chi connectivity index (χ2v) is 38.5. The number of ether oxygens (including phenoxy) is 6. The van der Waals surface area contributed by atoms with Crippen LogP contribution >= 0.6 is 49.9 Å². The van der Waals surface area contributed by atoms with Gasteiger partial charge in [-0.25, -0.2) is 43.2 Å². The van der Waals surface area contributed by atoms with Gasteiger partial charge in [0.1, 0.15) is 68.2 Å². The molecule has 0 bridgehead atoms. The van der Waals surface area contributed by atoms with E-state index in [9.17, 15) is 57.5 Å². The lowest BCUT2D eigenvalue weighted by Gasteiger charge is -2.32. The number of nitrogens with one attached hydrogen (secondary N) is 6. The summed E-state index contributed by atoms with van der Waals surface area (Å²) in [5.74, 6) is -3.27. The molecule has 3 atom stereocenters. The van der Waals surface area contributed by atoms with Crippen molar-refractivity contribution in [1.82, 2.24) is 16.0 Å². The van der Waals surface area contributed by atoms with Crippen molar-refractivity contribution in [3.8, 4) is 20.9 Å². The molecule has 4 heterocycles. The number of nitrogens with two attached hydrogens (primary N) is 6. The van der Waals surface area contributed by atoms with E-state index in [1.165, 1.54) is 40.1 Å². The number of hydrogen-bond acceptors (Lipinski definition) is 23. The minimum atomic E-state index is -0.879. The van der Waals surface area contributed by atoms with Gasteiger partial charge in [0, 0.05) is 9.75 Å². The van der Waals surface area contributed by atoms with E-state index < -0.39 is 114 Å². The van der Waals surface area contributed by atoms with Crippen molar-refractivity contribution in [3.05, 3.63) is 140 Å². The molecule has 12 amide bonds. The summed E-state index contributed by atoms with van der Waals surface area (Å²) in [5.41, 5.74) is 34.4. The third-order valence-electron chi connectivity index (χ3n) is 19.6. The van der Waals surface area contributed by atoms with Crippen molar-refractivity contribution >= 4 is 162 Å². The van der Waals surface area contributed by atoms with Crippen LogP contribution in [-0.2, 0) is 58.5 Å². The first-order chi connectivity index (χ1) is 58.1. The second kappa shape index (κ2) is 45.7. The van der Waals surface area contributed by atoms with Gasteiger partial charge in [-0.15, -0.1) is 34.0 Å². The van der Waals surface area contributed by atoms with Crippen LogP contribution in [0.15, 0.2) is 107 Å². The van der Waals surface area contributed by atoms with Crippen LogP contribution in [0.4, 0.5) is 43.8 Å². The molecule has 18 N–H and O–H groups in total. The number of alkyl carbamates (subject to hydrolysis) is 3. The molecule has 3 aromatic carbocycles. The first-order valence-electron chi connectivity index (χ1n) is 40.8. The Morgan fingerprint density at radius 1 is 0.460 bits per heavy atom. The summed E-state index contributed by atoms with van der Waals surface area (Å²) in [5, 5.41) is 16.1. The van der Waals surface area contributed by atoms with Crippen molar-refractivity contribution < 1.29 is 95.3 Å². The SMILES string of the molecule is CC(C)(C)OC(=O)N[C@@H](C/C=C/c1ccc(-c2cc(C(N)=O)c(NC(N)=O)s2)cc1)C(=O)OC1CCCC1.CC(C)(C)OC(=O)N[C@@H](C/C=C/c1ccc(B2OC(C)(C)C(C)(C)O2)cc1)C(=O)OC1CCCC1.CC(C)(C)OC(=O)N[C@@H](CCCc1ccc(-c2cc(C(N)=O)c(NC(N)=O)s2)cc1)C(=O)OC1CCCC1.NC(=O)Nc1sc(Br)cc1C(N)=O. The molecule has 124 heavy (non-hydrogen) atoms. The highest BCUT2D eigenvalue weighted by atomic mass is 79.9. The third kappa shape index (κ3) is 33.7. The number of thiophene rings is 3. The van der Waals surface area contributed by atoms with Crippen LogP contribution in [0.25, 0.3) is 33.0 Å². The number of aryl methyl sites for hydroxylation is 1. The normalized spacial score (nSPS) is 15.8. The fourth-order valence-electron chi connectivity index (χ4n) is 12.9. The predicted molar refractivity (Wildman–Crippen MR) is 484 cm³/mol. The van der Waals surface area contributed by atoms with Gasteiger partial charge < -0.3 is 88.1 Å². The summed E-state index contributed by atoms with van der Waals surface area (Å²) in [4.78, 5) is 144. The molecule has 10 rings (SSSR count). The number of carbonyl (C=O) groups is 12. The number of halogens is 1. The fourth-order valence-corrected chi connectivity index (χ4v) is 16.6. The molecular formula is C87H116BBrN12O20S3. The zero-order chi connectivity index (χ0) is 91.6. The van der Waals surface area contributed by atoms with Crippen molar-refractivity contribution in [2.45, 2.75) is 264 Å². The number of primary amides is 6. The first-order valence-corrected chi connectivity index (χ1v) is 44.1. The third-order valence-corrected chi connectivity index (χ3v) is 23.3. The maximum Gasteiger partial charge on any atom is 0.494 e. The number of rotatable bonds is 28. The monoisotopic (exact) mass is 1830 g/mol. The minimum Gasteiger partial charge on any atom is -0.461 e. The molecule has 6 aromatic rings. The van der Waals surface area contributed by atoms with E-state index >= 15 is 0 Å². The van der Waals surface area contributed by atoms with Crippen molar-refractivity contribution in [1.29, 1.82) is 0 Å². The maximum absolute atomic E-state index is 12.8. The summed E-state index contributed by atoms with van der Waals surface area (Å²) in [6.07, 6.45) is 18.7. The van der Waals surface area contributed by atoms with E-state index in [0.717, 1.165) is 120 Å². The van der Waals surface area contributed by atoms with Crippen LogP contribution in [0.2, 0.25) is 0 Å².